The summed E-state index contributed by atoms with van der Waals surface area (Å²) in [4.78, 5) is 12.1. The van der Waals surface area contributed by atoms with Gasteiger partial charge in [-0.1, -0.05) is 30.3 Å². The fourth-order valence-corrected chi connectivity index (χ4v) is 1.35. The lowest BCUT2D eigenvalue weighted by Crippen LogP contribution is -2.35. The van der Waals surface area contributed by atoms with Crippen molar-refractivity contribution in [3.63, 3.8) is 0 Å². The van der Waals surface area contributed by atoms with Gasteiger partial charge in [0.15, 0.2) is 5.78 Å². The van der Waals surface area contributed by atoms with Gasteiger partial charge in [0.2, 0.25) is 0 Å². The van der Waals surface area contributed by atoms with Gasteiger partial charge in [-0.2, -0.15) is 5.26 Å². The van der Waals surface area contributed by atoms with Crippen LogP contribution in [-0.4, -0.2) is 18.0 Å². The Hall–Kier alpha value is -1.66. The van der Waals surface area contributed by atoms with Crippen LogP contribution < -0.4 is 0 Å². The van der Waals surface area contributed by atoms with Crippen LogP contribution in [0.4, 0.5) is 0 Å². The van der Waals surface area contributed by atoms with Crippen molar-refractivity contribution in [1.29, 1.82) is 5.26 Å². The third-order valence-corrected chi connectivity index (χ3v) is 2.26. The van der Waals surface area contributed by atoms with Crippen LogP contribution in [0.25, 0.3) is 0 Å². The molecule has 16 heavy (non-hydrogen) atoms. The number of nitriles is 1. The van der Waals surface area contributed by atoms with Crippen LogP contribution in [-0.2, 0) is 4.74 Å². The fraction of sp³-hybridized carbons (Fsp3) is 0.385. The molecular formula is C13H15NO2. The molecule has 3 nitrogen and oxygen atoms in total. The first-order chi connectivity index (χ1) is 7.58. The van der Waals surface area contributed by atoms with E-state index in [1.807, 2.05) is 24.3 Å². The molecule has 0 heterocycles. The van der Waals surface area contributed by atoms with Gasteiger partial charge >= 0.3 is 0 Å². The van der Waals surface area contributed by atoms with E-state index in [2.05, 4.69) is 0 Å². The Kier molecular flexibility index (Phi) is 4.21. The molecule has 0 unspecified atom stereocenters. The highest BCUT2D eigenvalue weighted by Gasteiger charge is 2.29. The van der Waals surface area contributed by atoms with Gasteiger partial charge in [-0.15, -0.1) is 0 Å². The van der Waals surface area contributed by atoms with Gasteiger partial charge in [0.1, 0.15) is 5.60 Å². The third kappa shape index (κ3) is 3.18. The first-order valence-corrected chi connectivity index (χ1v) is 5.18. The fourth-order valence-electron chi connectivity index (χ4n) is 1.35. The molecule has 0 atom stereocenters. The highest BCUT2D eigenvalue weighted by atomic mass is 16.5. The first-order valence-electron chi connectivity index (χ1n) is 5.18. The standard InChI is InChI=1S/C13H15NO2/c1-13(2,16-10-6-9-14)12(15)11-7-4-3-5-8-11/h3-5,7-8H,6,10H2,1-2H3. The molecule has 0 spiro atoms. The van der Waals surface area contributed by atoms with Gasteiger partial charge < -0.3 is 4.74 Å². The van der Waals surface area contributed by atoms with Gasteiger partial charge in [0.05, 0.1) is 19.1 Å². The summed E-state index contributed by atoms with van der Waals surface area (Å²) in [5.74, 6) is -0.0639. The summed E-state index contributed by atoms with van der Waals surface area (Å²) in [6.07, 6.45) is 0.297. The number of ether oxygens (including phenoxy) is 1. The van der Waals surface area contributed by atoms with Gasteiger partial charge in [-0.05, 0) is 13.8 Å². The van der Waals surface area contributed by atoms with Crippen LogP contribution in [0, 0.1) is 11.3 Å². The summed E-state index contributed by atoms with van der Waals surface area (Å²) in [5.41, 5.74) is -0.248. The largest absolute Gasteiger partial charge is 0.366 e. The number of ketones is 1. The number of Topliss-reactive ketones (excluding diaryl/α,β-unsaturated/α-hetero) is 1. The lowest BCUT2D eigenvalue weighted by Gasteiger charge is -2.23. The summed E-state index contributed by atoms with van der Waals surface area (Å²) >= 11 is 0. The predicted molar refractivity (Wildman–Crippen MR) is 61.0 cm³/mol. The molecule has 0 amide bonds. The normalized spacial score (nSPS) is 10.8. The Morgan fingerprint density at radius 3 is 2.56 bits per heavy atom. The second-order valence-electron chi connectivity index (χ2n) is 3.96. The van der Waals surface area contributed by atoms with E-state index in [1.54, 1.807) is 26.0 Å². The van der Waals surface area contributed by atoms with Crippen molar-refractivity contribution < 1.29 is 9.53 Å². The minimum atomic E-state index is -0.877. The zero-order chi connectivity index (χ0) is 12.0. The lowest BCUT2D eigenvalue weighted by molar-refractivity contribution is -0.00213. The molecule has 0 radical (unpaired) electrons. The Morgan fingerprint density at radius 1 is 1.38 bits per heavy atom. The molecule has 1 aromatic carbocycles. The van der Waals surface area contributed by atoms with Crippen molar-refractivity contribution in [2.24, 2.45) is 0 Å². The van der Waals surface area contributed by atoms with E-state index in [9.17, 15) is 4.79 Å². The van der Waals surface area contributed by atoms with E-state index in [0.717, 1.165) is 0 Å². The number of nitrogens with zero attached hydrogens (tertiary/aromatic N) is 1. The summed E-state index contributed by atoms with van der Waals surface area (Å²) < 4.78 is 5.41. The van der Waals surface area contributed by atoms with E-state index in [-0.39, 0.29) is 12.4 Å². The minimum Gasteiger partial charge on any atom is -0.366 e. The highest BCUT2D eigenvalue weighted by Crippen LogP contribution is 2.17. The zero-order valence-electron chi connectivity index (χ0n) is 9.56. The number of benzene rings is 1. The van der Waals surface area contributed by atoms with Gasteiger partial charge in [0, 0.05) is 5.56 Å². The SMILES string of the molecule is CC(C)(OCCC#N)C(=O)c1ccccc1. The molecule has 0 aromatic heterocycles. The molecule has 0 aliphatic carbocycles. The number of carbonyl (C=O) groups is 1. The monoisotopic (exact) mass is 217 g/mol. The number of hydrogen-bond donors (Lipinski definition) is 0. The van der Waals surface area contributed by atoms with Crippen LogP contribution in [0.3, 0.4) is 0 Å². The van der Waals surface area contributed by atoms with E-state index >= 15 is 0 Å². The maximum atomic E-state index is 12.1. The maximum Gasteiger partial charge on any atom is 0.194 e. The number of carbonyl (C=O) groups excluding carboxylic acids is 1. The topological polar surface area (TPSA) is 50.1 Å². The molecule has 0 saturated carbocycles. The summed E-state index contributed by atoms with van der Waals surface area (Å²) in [7, 11) is 0. The zero-order valence-corrected chi connectivity index (χ0v) is 9.56. The van der Waals surface area contributed by atoms with Crippen molar-refractivity contribution in [1.82, 2.24) is 0 Å². The summed E-state index contributed by atoms with van der Waals surface area (Å²) in [5, 5.41) is 8.40. The second-order valence-corrected chi connectivity index (χ2v) is 3.96. The second kappa shape index (κ2) is 5.43. The molecule has 0 bridgehead atoms. The first kappa shape index (κ1) is 12.4. The van der Waals surface area contributed by atoms with Crippen molar-refractivity contribution in [2.75, 3.05) is 6.61 Å². The van der Waals surface area contributed by atoms with E-state index in [4.69, 9.17) is 10.00 Å². The van der Waals surface area contributed by atoms with Gasteiger partial charge in [-0.25, -0.2) is 0 Å². The highest BCUT2D eigenvalue weighted by molar-refractivity contribution is 6.01. The maximum absolute atomic E-state index is 12.1. The van der Waals surface area contributed by atoms with E-state index in [1.165, 1.54) is 0 Å². The summed E-state index contributed by atoms with van der Waals surface area (Å²) in [6.45, 7) is 3.72. The Labute approximate surface area is 95.7 Å². The molecule has 3 heteroatoms. The molecule has 84 valence electrons. The van der Waals surface area contributed by atoms with Gasteiger partial charge in [0.25, 0.3) is 0 Å². The molecule has 0 saturated heterocycles. The number of rotatable bonds is 5. The van der Waals surface area contributed by atoms with Crippen LogP contribution in [0.2, 0.25) is 0 Å². The minimum absolute atomic E-state index is 0.0639. The lowest BCUT2D eigenvalue weighted by atomic mass is 9.96. The van der Waals surface area contributed by atoms with Crippen LogP contribution >= 0.6 is 0 Å². The molecule has 0 aliphatic rings. The van der Waals surface area contributed by atoms with Crippen molar-refractivity contribution in [3.05, 3.63) is 35.9 Å². The Balaban J connectivity index is 2.69. The smallest absolute Gasteiger partial charge is 0.194 e. The van der Waals surface area contributed by atoms with Crippen molar-refractivity contribution in [2.45, 2.75) is 25.9 Å². The van der Waals surface area contributed by atoms with Crippen molar-refractivity contribution >= 4 is 5.78 Å². The average Bonchev–Trinajstić information content (AvgIpc) is 2.29. The van der Waals surface area contributed by atoms with Crippen molar-refractivity contribution in [3.8, 4) is 6.07 Å². The predicted octanol–water partition coefficient (Wildman–Crippen LogP) is 2.58. The van der Waals surface area contributed by atoms with E-state index < -0.39 is 5.60 Å². The van der Waals surface area contributed by atoms with Crippen LogP contribution in [0.5, 0.6) is 0 Å². The Morgan fingerprint density at radius 2 is 2.00 bits per heavy atom. The molecule has 0 N–H and O–H groups in total. The Bertz CT molecular complexity index is 390. The number of hydrogen-bond acceptors (Lipinski definition) is 3. The molecule has 1 rings (SSSR count). The van der Waals surface area contributed by atoms with Crippen LogP contribution in [0.1, 0.15) is 30.6 Å². The molecule has 0 fully saturated rings. The van der Waals surface area contributed by atoms with Crippen LogP contribution in [0.15, 0.2) is 30.3 Å². The quantitative estimate of drug-likeness (QED) is 0.562. The average molecular weight is 217 g/mol. The third-order valence-electron chi connectivity index (χ3n) is 2.26. The molecule has 0 aliphatic heterocycles. The molecule has 1 aromatic rings. The summed E-state index contributed by atoms with van der Waals surface area (Å²) in [6, 6.07) is 11.0. The molecular weight excluding hydrogens is 202 g/mol. The van der Waals surface area contributed by atoms with E-state index in [0.29, 0.717) is 12.0 Å². The van der Waals surface area contributed by atoms with Gasteiger partial charge in [-0.3, -0.25) is 4.79 Å².